The molecule has 2 aliphatic rings. The highest BCUT2D eigenvalue weighted by atomic mass is 32.2. The van der Waals surface area contributed by atoms with Crippen LogP contribution in [0.4, 0.5) is 0 Å². The van der Waals surface area contributed by atoms with Gasteiger partial charge in [-0.2, -0.15) is 0 Å². The van der Waals surface area contributed by atoms with Crippen molar-refractivity contribution in [2.24, 2.45) is 11.7 Å². The average molecular weight is 351 g/mol. The minimum Gasteiger partial charge on any atom is -0.339 e. The second kappa shape index (κ2) is 6.82. The number of carbonyl (C=O) groups is 1. The number of rotatable bonds is 5. The van der Waals surface area contributed by atoms with Gasteiger partial charge in [-0.05, 0) is 62.8 Å². The van der Waals surface area contributed by atoms with Crippen LogP contribution in [0.2, 0.25) is 0 Å². The molecule has 24 heavy (non-hydrogen) atoms. The first kappa shape index (κ1) is 17.4. The number of carbonyl (C=O) groups excluding carboxylic acids is 1. The van der Waals surface area contributed by atoms with Crippen molar-refractivity contribution in [2.45, 2.75) is 43.5 Å². The molecule has 1 aromatic rings. The van der Waals surface area contributed by atoms with Gasteiger partial charge in [-0.15, -0.1) is 0 Å². The third-order valence-electron chi connectivity index (χ3n) is 4.88. The number of sulfonamides is 1. The molecule has 0 atom stereocenters. The van der Waals surface area contributed by atoms with Crippen molar-refractivity contribution in [1.82, 2.24) is 9.62 Å². The van der Waals surface area contributed by atoms with Gasteiger partial charge >= 0.3 is 0 Å². The molecule has 1 aliphatic carbocycles. The monoisotopic (exact) mass is 351 g/mol. The lowest BCUT2D eigenvalue weighted by Crippen LogP contribution is -2.40. The number of hydrogen-bond acceptors (Lipinski definition) is 4. The maximum absolute atomic E-state index is 12.8. The number of piperidine rings is 1. The van der Waals surface area contributed by atoms with Gasteiger partial charge in [0.05, 0.1) is 4.90 Å². The third-order valence-corrected chi connectivity index (χ3v) is 6.40. The van der Waals surface area contributed by atoms with Crippen molar-refractivity contribution in [2.75, 3.05) is 19.6 Å². The molecular weight excluding hydrogens is 326 g/mol. The van der Waals surface area contributed by atoms with E-state index < -0.39 is 10.0 Å². The van der Waals surface area contributed by atoms with Gasteiger partial charge in [-0.3, -0.25) is 4.79 Å². The van der Waals surface area contributed by atoms with E-state index in [1.54, 1.807) is 17.0 Å². The van der Waals surface area contributed by atoms with Crippen molar-refractivity contribution in [3.63, 3.8) is 0 Å². The van der Waals surface area contributed by atoms with Crippen LogP contribution in [0, 0.1) is 12.8 Å². The van der Waals surface area contributed by atoms with E-state index in [2.05, 4.69) is 4.72 Å². The SMILES string of the molecule is Cc1ccc(S(=O)(=O)NC2CC2)cc1C(=O)N1CCC(CN)CC1. The number of hydrogen-bond donors (Lipinski definition) is 2. The zero-order valence-corrected chi connectivity index (χ0v) is 14.8. The Hall–Kier alpha value is -1.44. The first-order valence-electron chi connectivity index (χ1n) is 8.53. The van der Waals surface area contributed by atoms with E-state index in [1.807, 2.05) is 6.92 Å². The summed E-state index contributed by atoms with van der Waals surface area (Å²) in [5.41, 5.74) is 6.97. The number of likely N-dealkylation sites (tertiary alicyclic amines) is 1. The number of nitrogens with one attached hydrogen (secondary N) is 1. The molecule has 6 nitrogen and oxygen atoms in total. The minimum absolute atomic E-state index is 0.0470. The Bertz CT molecular complexity index is 721. The minimum atomic E-state index is -3.55. The van der Waals surface area contributed by atoms with E-state index in [-0.39, 0.29) is 16.8 Å². The van der Waals surface area contributed by atoms with Gasteiger partial charge in [-0.1, -0.05) is 6.07 Å². The fourth-order valence-electron chi connectivity index (χ4n) is 3.03. The molecule has 0 spiro atoms. The van der Waals surface area contributed by atoms with Crippen LogP contribution < -0.4 is 10.5 Å². The molecule has 1 amide bonds. The molecule has 0 radical (unpaired) electrons. The molecule has 0 bridgehead atoms. The lowest BCUT2D eigenvalue weighted by atomic mass is 9.96. The number of amides is 1. The predicted octanol–water partition coefficient (Wildman–Crippen LogP) is 1.25. The van der Waals surface area contributed by atoms with E-state index in [0.717, 1.165) is 31.2 Å². The molecule has 7 heteroatoms. The fourth-order valence-corrected chi connectivity index (χ4v) is 4.36. The largest absolute Gasteiger partial charge is 0.339 e. The van der Waals surface area contributed by atoms with E-state index in [1.165, 1.54) is 6.07 Å². The number of nitrogens with two attached hydrogens (primary N) is 1. The maximum Gasteiger partial charge on any atom is 0.254 e. The fraction of sp³-hybridized carbons (Fsp3) is 0.588. The predicted molar refractivity (Wildman–Crippen MR) is 92.2 cm³/mol. The highest BCUT2D eigenvalue weighted by Crippen LogP contribution is 2.24. The summed E-state index contributed by atoms with van der Waals surface area (Å²) in [6.07, 6.45) is 3.57. The summed E-state index contributed by atoms with van der Waals surface area (Å²) < 4.78 is 27.4. The Balaban J connectivity index is 1.79. The molecule has 1 saturated heterocycles. The summed E-state index contributed by atoms with van der Waals surface area (Å²) in [6.45, 7) is 3.85. The van der Waals surface area contributed by atoms with Crippen molar-refractivity contribution < 1.29 is 13.2 Å². The lowest BCUT2D eigenvalue weighted by Gasteiger charge is -2.31. The van der Waals surface area contributed by atoms with Crippen molar-refractivity contribution in [1.29, 1.82) is 0 Å². The Morgan fingerprint density at radius 2 is 1.92 bits per heavy atom. The first-order valence-corrected chi connectivity index (χ1v) is 10.0. The third kappa shape index (κ3) is 3.79. The van der Waals surface area contributed by atoms with Crippen LogP contribution in [-0.2, 0) is 10.0 Å². The summed E-state index contributed by atoms with van der Waals surface area (Å²) in [5, 5.41) is 0. The second-order valence-electron chi connectivity index (χ2n) is 6.84. The van der Waals surface area contributed by atoms with Crippen LogP contribution in [0.5, 0.6) is 0 Å². The molecule has 3 rings (SSSR count). The number of benzene rings is 1. The Morgan fingerprint density at radius 3 is 2.50 bits per heavy atom. The average Bonchev–Trinajstić information content (AvgIpc) is 3.38. The molecule has 1 saturated carbocycles. The van der Waals surface area contributed by atoms with Crippen LogP contribution in [0.15, 0.2) is 23.1 Å². The Kier molecular flexibility index (Phi) is 4.94. The maximum atomic E-state index is 12.8. The topological polar surface area (TPSA) is 92.5 Å². The smallest absolute Gasteiger partial charge is 0.254 e. The quantitative estimate of drug-likeness (QED) is 0.835. The van der Waals surface area contributed by atoms with E-state index >= 15 is 0 Å². The highest BCUT2D eigenvalue weighted by Gasteiger charge is 2.29. The molecule has 1 heterocycles. The summed E-state index contributed by atoms with van der Waals surface area (Å²) in [6, 6.07) is 4.83. The second-order valence-corrected chi connectivity index (χ2v) is 8.56. The van der Waals surface area contributed by atoms with E-state index in [0.29, 0.717) is 31.1 Å². The van der Waals surface area contributed by atoms with Gasteiger partial charge < -0.3 is 10.6 Å². The molecular formula is C17H25N3O3S. The van der Waals surface area contributed by atoms with Crippen LogP contribution in [-0.4, -0.2) is 44.9 Å². The van der Waals surface area contributed by atoms with Gasteiger partial charge in [0.1, 0.15) is 0 Å². The van der Waals surface area contributed by atoms with Crippen molar-refractivity contribution in [3.05, 3.63) is 29.3 Å². The molecule has 3 N–H and O–H groups in total. The Morgan fingerprint density at radius 1 is 1.25 bits per heavy atom. The molecule has 0 aromatic heterocycles. The molecule has 1 aromatic carbocycles. The summed E-state index contributed by atoms with van der Waals surface area (Å²) in [7, 11) is -3.55. The zero-order valence-electron chi connectivity index (χ0n) is 14.0. The van der Waals surface area contributed by atoms with Gasteiger partial charge in [0, 0.05) is 24.7 Å². The molecule has 1 aliphatic heterocycles. The van der Waals surface area contributed by atoms with E-state index in [9.17, 15) is 13.2 Å². The summed E-state index contributed by atoms with van der Waals surface area (Å²) >= 11 is 0. The number of nitrogens with zero attached hydrogens (tertiary/aromatic N) is 1. The number of aryl methyl sites for hydroxylation is 1. The molecule has 2 fully saturated rings. The van der Waals surface area contributed by atoms with E-state index in [4.69, 9.17) is 5.73 Å². The normalized spacial score (nSPS) is 19.5. The van der Waals surface area contributed by atoms with Gasteiger partial charge in [0.25, 0.3) is 5.91 Å². The highest BCUT2D eigenvalue weighted by molar-refractivity contribution is 7.89. The molecule has 132 valence electrons. The van der Waals surface area contributed by atoms with Crippen LogP contribution in [0.1, 0.15) is 41.6 Å². The van der Waals surface area contributed by atoms with Crippen molar-refractivity contribution >= 4 is 15.9 Å². The summed E-state index contributed by atoms with van der Waals surface area (Å²) in [5.74, 6) is 0.385. The zero-order chi connectivity index (χ0) is 17.3. The van der Waals surface area contributed by atoms with Crippen LogP contribution in [0.25, 0.3) is 0 Å². The summed E-state index contributed by atoms with van der Waals surface area (Å²) in [4.78, 5) is 14.8. The lowest BCUT2D eigenvalue weighted by molar-refractivity contribution is 0.0692. The van der Waals surface area contributed by atoms with Gasteiger partial charge in [0.15, 0.2) is 0 Å². The van der Waals surface area contributed by atoms with Gasteiger partial charge in [0.2, 0.25) is 10.0 Å². The Labute approximate surface area is 143 Å². The van der Waals surface area contributed by atoms with Crippen LogP contribution in [0.3, 0.4) is 0 Å². The molecule has 0 unspecified atom stereocenters. The first-order chi connectivity index (χ1) is 11.4. The van der Waals surface area contributed by atoms with Crippen LogP contribution >= 0.6 is 0 Å². The van der Waals surface area contributed by atoms with Gasteiger partial charge in [-0.25, -0.2) is 13.1 Å². The standard InChI is InChI=1S/C17H25N3O3S/c1-12-2-5-15(24(22,23)19-14-3-4-14)10-16(12)17(21)20-8-6-13(11-18)7-9-20/h2,5,10,13-14,19H,3-4,6-9,11,18H2,1H3. The van der Waals surface area contributed by atoms with Crippen molar-refractivity contribution in [3.8, 4) is 0 Å².